The van der Waals surface area contributed by atoms with E-state index in [1.54, 1.807) is 13.8 Å². The van der Waals surface area contributed by atoms with Crippen LogP contribution in [0, 0.1) is 5.92 Å². The average molecular weight is 186 g/mol. The normalized spacial score (nSPS) is 35.7. The first kappa shape index (κ1) is 10.2. The molecule has 13 heavy (non-hydrogen) atoms. The smallest absolute Gasteiger partial charge is 0.308 e. The first-order valence-electron chi connectivity index (χ1n) is 4.35. The Balaban J connectivity index is 2.59. The summed E-state index contributed by atoms with van der Waals surface area (Å²) in [6.45, 7) is 3.29. The third-order valence-electron chi connectivity index (χ3n) is 2.54. The van der Waals surface area contributed by atoms with Gasteiger partial charge in [-0.2, -0.15) is 0 Å². The van der Waals surface area contributed by atoms with E-state index < -0.39 is 17.5 Å². The number of carbonyl (C=O) groups excluding carboxylic acids is 1. The summed E-state index contributed by atoms with van der Waals surface area (Å²) >= 11 is 0. The topological polar surface area (TPSA) is 63.6 Å². The third kappa shape index (κ3) is 2.06. The van der Waals surface area contributed by atoms with E-state index in [-0.39, 0.29) is 6.10 Å². The molecule has 0 saturated carbocycles. The molecule has 1 aliphatic rings. The maximum Gasteiger partial charge on any atom is 0.308 e. The van der Waals surface area contributed by atoms with E-state index in [2.05, 4.69) is 0 Å². The molecule has 1 aliphatic heterocycles. The van der Waals surface area contributed by atoms with Crippen molar-refractivity contribution in [2.75, 3.05) is 0 Å². The van der Waals surface area contributed by atoms with Gasteiger partial charge in [-0.1, -0.05) is 0 Å². The summed E-state index contributed by atoms with van der Waals surface area (Å²) in [5.41, 5.74) is -0.769. The Morgan fingerprint density at radius 2 is 2.38 bits per heavy atom. The van der Waals surface area contributed by atoms with E-state index >= 15 is 0 Å². The lowest BCUT2D eigenvalue weighted by molar-refractivity contribution is -0.150. The van der Waals surface area contributed by atoms with E-state index in [0.29, 0.717) is 12.8 Å². The first-order valence-corrected chi connectivity index (χ1v) is 4.35. The van der Waals surface area contributed by atoms with Crippen molar-refractivity contribution in [1.82, 2.24) is 0 Å². The van der Waals surface area contributed by atoms with Gasteiger partial charge in [-0.05, 0) is 26.7 Å². The highest BCUT2D eigenvalue weighted by Crippen LogP contribution is 2.32. The van der Waals surface area contributed by atoms with Crippen LogP contribution in [0.1, 0.15) is 26.7 Å². The Hall–Kier alpha value is -0.900. The van der Waals surface area contributed by atoms with E-state index in [4.69, 9.17) is 9.84 Å². The van der Waals surface area contributed by atoms with Crippen molar-refractivity contribution in [3.8, 4) is 0 Å². The summed E-state index contributed by atoms with van der Waals surface area (Å²) in [4.78, 5) is 21.2. The van der Waals surface area contributed by atoms with Gasteiger partial charge in [-0.25, -0.2) is 0 Å². The van der Waals surface area contributed by atoms with Crippen LogP contribution in [0.25, 0.3) is 0 Å². The van der Waals surface area contributed by atoms with Crippen LogP contribution < -0.4 is 0 Å². The van der Waals surface area contributed by atoms with Crippen molar-refractivity contribution in [3.63, 3.8) is 0 Å². The molecule has 0 aromatic rings. The minimum Gasteiger partial charge on any atom is -0.481 e. The zero-order chi connectivity index (χ0) is 10.1. The summed E-state index contributed by atoms with van der Waals surface area (Å²) in [6.07, 6.45) is 1.68. The second kappa shape index (κ2) is 3.46. The molecular weight excluding hydrogens is 172 g/mol. The lowest BCUT2D eigenvalue weighted by Crippen LogP contribution is -2.31. The largest absolute Gasteiger partial charge is 0.481 e. The van der Waals surface area contributed by atoms with Gasteiger partial charge < -0.3 is 14.6 Å². The van der Waals surface area contributed by atoms with Gasteiger partial charge in [0.25, 0.3) is 0 Å². The predicted octanol–water partition coefficient (Wildman–Crippen LogP) is 0.844. The zero-order valence-electron chi connectivity index (χ0n) is 7.82. The summed E-state index contributed by atoms with van der Waals surface area (Å²) in [5, 5.41) is 8.72. The maximum absolute atomic E-state index is 10.6. The number of carboxylic acids is 1. The molecule has 0 unspecified atom stereocenters. The fraction of sp³-hybridized carbons (Fsp3) is 0.778. The highest BCUT2D eigenvalue weighted by Gasteiger charge is 2.40. The van der Waals surface area contributed by atoms with Gasteiger partial charge in [0.05, 0.1) is 12.0 Å². The number of hydrogen-bond donors (Lipinski definition) is 1. The van der Waals surface area contributed by atoms with Crippen LogP contribution in [0.5, 0.6) is 0 Å². The van der Waals surface area contributed by atoms with Crippen molar-refractivity contribution in [3.05, 3.63) is 0 Å². The van der Waals surface area contributed by atoms with Crippen molar-refractivity contribution >= 4 is 12.3 Å². The molecule has 0 bridgehead atoms. The molecule has 1 fully saturated rings. The molecular formula is C9H14O4. The van der Waals surface area contributed by atoms with E-state index in [9.17, 15) is 9.59 Å². The molecule has 0 aromatic carbocycles. The first-order chi connectivity index (χ1) is 5.98. The van der Waals surface area contributed by atoms with Gasteiger partial charge in [-0.15, -0.1) is 0 Å². The van der Waals surface area contributed by atoms with Crippen LogP contribution in [0.4, 0.5) is 0 Å². The standard InChI is InChI=1S/C9H14O4/c1-6(8(11)12)7-3-4-9(2,5-10)13-7/h5-7H,3-4H2,1-2H3,(H,11,12)/t6-,7+,9-/m1/s1. The number of aldehydes is 1. The van der Waals surface area contributed by atoms with Crippen LogP contribution in [0.3, 0.4) is 0 Å². The fourth-order valence-corrected chi connectivity index (χ4v) is 1.49. The van der Waals surface area contributed by atoms with Gasteiger partial charge in [0.1, 0.15) is 5.60 Å². The summed E-state index contributed by atoms with van der Waals surface area (Å²) in [5.74, 6) is -1.41. The molecule has 0 amide bonds. The molecule has 0 aliphatic carbocycles. The zero-order valence-corrected chi connectivity index (χ0v) is 7.82. The highest BCUT2D eigenvalue weighted by atomic mass is 16.5. The molecule has 4 heteroatoms. The van der Waals surface area contributed by atoms with Gasteiger partial charge in [0.15, 0.2) is 6.29 Å². The average Bonchev–Trinajstić information content (AvgIpc) is 2.47. The van der Waals surface area contributed by atoms with Crippen LogP contribution in [0.15, 0.2) is 0 Å². The third-order valence-corrected chi connectivity index (χ3v) is 2.54. The second-order valence-electron chi connectivity index (χ2n) is 3.75. The summed E-state index contributed by atoms with van der Waals surface area (Å²) in [6, 6.07) is 0. The Morgan fingerprint density at radius 1 is 1.77 bits per heavy atom. The van der Waals surface area contributed by atoms with Crippen LogP contribution in [-0.2, 0) is 14.3 Å². The molecule has 3 atom stereocenters. The Morgan fingerprint density at radius 3 is 2.77 bits per heavy atom. The Kier molecular flexibility index (Phi) is 2.71. The molecule has 0 spiro atoms. The molecule has 74 valence electrons. The lowest BCUT2D eigenvalue weighted by Gasteiger charge is -2.19. The molecule has 1 saturated heterocycles. The monoisotopic (exact) mass is 186 g/mol. The van der Waals surface area contributed by atoms with E-state index in [1.165, 1.54) is 0 Å². The number of ether oxygens (including phenoxy) is 1. The predicted molar refractivity (Wildman–Crippen MR) is 45.4 cm³/mol. The lowest BCUT2D eigenvalue weighted by atomic mass is 10.00. The number of hydrogen-bond acceptors (Lipinski definition) is 3. The molecule has 1 heterocycles. The quantitative estimate of drug-likeness (QED) is 0.663. The Bertz CT molecular complexity index is 226. The number of carboxylic acid groups (broad SMARTS) is 1. The maximum atomic E-state index is 10.6. The molecule has 1 N–H and O–H groups in total. The van der Waals surface area contributed by atoms with Crippen LogP contribution >= 0.6 is 0 Å². The van der Waals surface area contributed by atoms with Gasteiger partial charge in [-0.3, -0.25) is 4.79 Å². The van der Waals surface area contributed by atoms with Crippen molar-refractivity contribution in [2.24, 2.45) is 5.92 Å². The number of aliphatic carboxylic acids is 1. The van der Waals surface area contributed by atoms with Gasteiger partial charge >= 0.3 is 5.97 Å². The molecule has 0 aromatic heterocycles. The van der Waals surface area contributed by atoms with Crippen molar-refractivity contribution in [2.45, 2.75) is 38.4 Å². The van der Waals surface area contributed by atoms with Gasteiger partial charge in [0, 0.05) is 0 Å². The number of carbonyl (C=O) groups is 2. The summed E-state index contributed by atoms with van der Waals surface area (Å²) < 4.78 is 5.37. The van der Waals surface area contributed by atoms with Crippen LogP contribution in [0.2, 0.25) is 0 Å². The fourth-order valence-electron chi connectivity index (χ4n) is 1.49. The SMILES string of the molecule is C[C@@H](C(=O)O)[C@@H]1CC[C@](C)(C=O)O1. The van der Waals surface area contributed by atoms with Crippen LogP contribution in [-0.4, -0.2) is 29.1 Å². The minimum absolute atomic E-state index is 0.326. The summed E-state index contributed by atoms with van der Waals surface area (Å²) in [7, 11) is 0. The number of rotatable bonds is 3. The van der Waals surface area contributed by atoms with E-state index in [0.717, 1.165) is 6.29 Å². The van der Waals surface area contributed by atoms with Crippen molar-refractivity contribution < 1.29 is 19.4 Å². The molecule has 0 radical (unpaired) electrons. The molecule has 4 nitrogen and oxygen atoms in total. The molecule has 1 rings (SSSR count). The van der Waals surface area contributed by atoms with Crippen molar-refractivity contribution in [1.29, 1.82) is 0 Å². The van der Waals surface area contributed by atoms with Gasteiger partial charge in [0.2, 0.25) is 0 Å². The highest BCUT2D eigenvalue weighted by molar-refractivity contribution is 5.70. The minimum atomic E-state index is -0.875. The second-order valence-corrected chi connectivity index (χ2v) is 3.75. The van der Waals surface area contributed by atoms with E-state index in [1.807, 2.05) is 0 Å². The Labute approximate surface area is 76.9 Å².